The number of rotatable bonds is 36. The third kappa shape index (κ3) is 24.1. The maximum Gasteiger partial charge on any atom is 0.129 e. The van der Waals surface area contributed by atoms with Gasteiger partial charge in [0.05, 0.1) is 53.4 Å². The van der Waals surface area contributed by atoms with Gasteiger partial charge in [-0.1, -0.05) is 156 Å². The Bertz CT molecular complexity index is 644. The van der Waals surface area contributed by atoms with Crippen molar-refractivity contribution >= 4 is 0 Å². The van der Waals surface area contributed by atoms with Crippen LogP contribution in [0.2, 0.25) is 0 Å². The highest BCUT2D eigenvalue weighted by Gasteiger charge is 2.36. The molecule has 0 fully saturated rings. The number of nitrogens with zero attached hydrogens (tertiary/aromatic N) is 3. The van der Waals surface area contributed by atoms with E-state index in [1.807, 2.05) is 0 Å². The molecule has 0 saturated heterocycles. The minimum atomic E-state index is 0.746. The zero-order valence-electron chi connectivity index (χ0n) is 36.0. The Morgan fingerprint density at radius 2 is 0.521 bits per heavy atom. The summed E-state index contributed by atoms with van der Waals surface area (Å²) in [4.78, 5) is 0. The van der Waals surface area contributed by atoms with Crippen LogP contribution in [-0.2, 0) is 0 Å². The second-order valence-corrected chi connectivity index (χ2v) is 18.3. The van der Waals surface area contributed by atoms with Crippen LogP contribution in [0.15, 0.2) is 0 Å². The first kappa shape index (κ1) is 47.9. The molecule has 0 radical (unpaired) electrons. The van der Waals surface area contributed by atoms with Gasteiger partial charge in [0.1, 0.15) is 26.2 Å². The fraction of sp³-hybridized carbons (Fsp3) is 1.00. The third-order valence-electron chi connectivity index (χ3n) is 13.3. The second-order valence-electron chi connectivity index (χ2n) is 18.3. The molecule has 0 rings (SSSR count). The Morgan fingerprint density at radius 3 is 0.792 bits per heavy atom. The fourth-order valence-electron chi connectivity index (χ4n) is 7.70. The lowest BCUT2D eigenvalue weighted by Gasteiger charge is -2.46. The molecular weight excluding hydrogens is 583 g/mol. The van der Waals surface area contributed by atoms with E-state index in [2.05, 4.69) is 76.8 Å². The SMILES string of the molecule is CCCCCCCCCCC(C)[N+](C)(C)CC[N+](C)(CC[N+](C)(C)C(C)CCCCCCCCCC)C(C)CCCCCCCCCC. The highest BCUT2D eigenvalue weighted by molar-refractivity contribution is 4.60. The minimum absolute atomic E-state index is 0.746. The molecule has 3 nitrogen and oxygen atoms in total. The first-order chi connectivity index (χ1) is 22.9. The summed E-state index contributed by atoms with van der Waals surface area (Å²) in [5.41, 5.74) is 0. The van der Waals surface area contributed by atoms with Crippen LogP contribution < -0.4 is 0 Å². The first-order valence-corrected chi connectivity index (χ1v) is 22.4. The number of hydrogen-bond acceptors (Lipinski definition) is 0. The van der Waals surface area contributed by atoms with Crippen LogP contribution in [0.25, 0.3) is 0 Å². The quantitative estimate of drug-likeness (QED) is 0.0456. The molecule has 0 amide bonds. The molecule has 0 bridgehead atoms. The lowest BCUT2D eigenvalue weighted by atomic mass is 10.0. The predicted octanol–water partition coefficient (Wildman–Crippen LogP) is 13.3. The molecule has 3 atom stereocenters. The van der Waals surface area contributed by atoms with E-state index in [9.17, 15) is 0 Å². The van der Waals surface area contributed by atoms with E-state index >= 15 is 0 Å². The van der Waals surface area contributed by atoms with Crippen molar-refractivity contribution in [2.75, 3.05) is 61.4 Å². The molecule has 0 spiro atoms. The smallest absolute Gasteiger partial charge is 0.129 e. The number of likely N-dealkylation sites (N-methyl/N-ethyl adjacent to an activating group) is 3. The number of quaternary nitrogens is 3. The summed E-state index contributed by atoms with van der Waals surface area (Å²) < 4.78 is 3.62. The van der Waals surface area contributed by atoms with Crippen molar-refractivity contribution in [1.29, 1.82) is 0 Å². The molecular formula is C45H98N3+3. The summed E-state index contributed by atoms with van der Waals surface area (Å²) in [6, 6.07) is 2.25. The molecule has 290 valence electrons. The molecule has 0 heterocycles. The Morgan fingerprint density at radius 1 is 0.292 bits per heavy atom. The van der Waals surface area contributed by atoms with Gasteiger partial charge in [-0.3, -0.25) is 0 Å². The lowest BCUT2D eigenvalue weighted by molar-refractivity contribution is -0.997. The van der Waals surface area contributed by atoms with E-state index in [1.54, 1.807) is 0 Å². The summed E-state index contributed by atoms with van der Waals surface area (Å²) in [7, 11) is 12.8. The van der Waals surface area contributed by atoms with Gasteiger partial charge in [-0.2, -0.15) is 0 Å². The molecule has 3 heteroatoms. The molecule has 48 heavy (non-hydrogen) atoms. The normalized spacial score (nSPS) is 15.8. The molecule has 0 aromatic rings. The average molecular weight is 681 g/mol. The molecule has 0 N–H and O–H groups in total. The summed E-state index contributed by atoms with van der Waals surface area (Å²) in [5, 5.41) is 0. The molecule has 0 aliphatic carbocycles. The van der Waals surface area contributed by atoms with Gasteiger partial charge in [0.2, 0.25) is 0 Å². The minimum Gasteiger partial charge on any atom is -0.322 e. The Balaban J connectivity index is 5.06. The number of hydrogen-bond donors (Lipinski definition) is 0. The standard InChI is InChI=1S/C45H98N3/c1-12-15-18-21-24-27-30-33-36-43(4)46(7,8)39-41-48(11,45(6)38-35-32-29-26-23-20-17-14-3)42-40-47(9,10)44(5)37-34-31-28-25-22-19-16-13-2/h43-45H,12-42H2,1-11H3/q+3. The zero-order chi connectivity index (χ0) is 36.2. The number of unbranched alkanes of at least 4 members (excludes halogenated alkanes) is 21. The Labute approximate surface area is 307 Å². The van der Waals surface area contributed by atoms with Gasteiger partial charge in [0.15, 0.2) is 0 Å². The van der Waals surface area contributed by atoms with Gasteiger partial charge in [-0.05, 0) is 59.3 Å². The molecule has 0 aromatic heterocycles. The van der Waals surface area contributed by atoms with Crippen molar-refractivity contribution in [2.45, 2.75) is 233 Å². The highest BCUT2D eigenvalue weighted by atomic mass is 15.4. The van der Waals surface area contributed by atoms with Crippen molar-refractivity contribution in [3.8, 4) is 0 Å². The maximum absolute atomic E-state index is 2.64. The summed E-state index contributed by atoms with van der Waals surface area (Å²) in [6.07, 6.45) is 38.4. The molecule has 0 aliphatic heterocycles. The van der Waals surface area contributed by atoms with E-state index < -0.39 is 0 Å². The van der Waals surface area contributed by atoms with Crippen molar-refractivity contribution in [1.82, 2.24) is 0 Å². The van der Waals surface area contributed by atoms with Gasteiger partial charge in [0, 0.05) is 0 Å². The van der Waals surface area contributed by atoms with Crippen LogP contribution in [0.1, 0.15) is 215 Å². The summed E-state index contributed by atoms with van der Waals surface area (Å²) >= 11 is 0. The molecule has 3 unspecified atom stereocenters. The van der Waals surface area contributed by atoms with E-state index in [0.29, 0.717) is 0 Å². The van der Waals surface area contributed by atoms with Crippen molar-refractivity contribution in [2.24, 2.45) is 0 Å². The van der Waals surface area contributed by atoms with Gasteiger partial charge >= 0.3 is 0 Å². The molecule has 0 aromatic carbocycles. The van der Waals surface area contributed by atoms with Gasteiger partial charge in [-0.15, -0.1) is 0 Å². The van der Waals surface area contributed by atoms with E-state index in [-0.39, 0.29) is 0 Å². The largest absolute Gasteiger partial charge is 0.322 e. The van der Waals surface area contributed by atoms with E-state index in [4.69, 9.17) is 0 Å². The van der Waals surface area contributed by atoms with Crippen LogP contribution >= 0.6 is 0 Å². The summed E-state index contributed by atoms with van der Waals surface area (Å²) in [5.74, 6) is 0. The molecule has 0 aliphatic rings. The second kappa shape index (κ2) is 29.5. The maximum atomic E-state index is 2.64. The fourth-order valence-corrected chi connectivity index (χ4v) is 7.70. The van der Waals surface area contributed by atoms with Gasteiger partial charge < -0.3 is 13.4 Å². The van der Waals surface area contributed by atoms with Crippen LogP contribution in [0.4, 0.5) is 0 Å². The highest BCUT2D eigenvalue weighted by Crippen LogP contribution is 2.24. The van der Waals surface area contributed by atoms with Crippen LogP contribution in [-0.4, -0.2) is 93.0 Å². The lowest BCUT2D eigenvalue weighted by Crippen LogP contribution is -2.62. The van der Waals surface area contributed by atoms with Crippen LogP contribution in [0, 0.1) is 0 Å². The van der Waals surface area contributed by atoms with Crippen molar-refractivity contribution in [3.63, 3.8) is 0 Å². The van der Waals surface area contributed by atoms with Crippen molar-refractivity contribution in [3.05, 3.63) is 0 Å². The Hall–Kier alpha value is -0.120. The van der Waals surface area contributed by atoms with E-state index in [0.717, 1.165) is 18.1 Å². The van der Waals surface area contributed by atoms with Crippen molar-refractivity contribution < 1.29 is 13.4 Å². The average Bonchev–Trinajstić information content (AvgIpc) is 3.06. The first-order valence-electron chi connectivity index (χ1n) is 22.4. The van der Waals surface area contributed by atoms with Crippen LogP contribution in [0.3, 0.4) is 0 Å². The monoisotopic (exact) mass is 681 g/mol. The Kier molecular flexibility index (Phi) is 29.4. The predicted molar refractivity (Wildman–Crippen MR) is 220 cm³/mol. The van der Waals surface area contributed by atoms with Gasteiger partial charge in [0.25, 0.3) is 0 Å². The summed E-state index contributed by atoms with van der Waals surface area (Å²) in [6.45, 7) is 19.9. The van der Waals surface area contributed by atoms with Crippen LogP contribution in [0.5, 0.6) is 0 Å². The zero-order valence-corrected chi connectivity index (χ0v) is 36.0. The molecule has 0 saturated carbocycles. The van der Waals surface area contributed by atoms with Gasteiger partial charge in [-0.25, -0.2) is 0 Å². The van der Waals surface area contributed by atoms with E-state index in [1.165, 1.54) is 213 Å². The topological polar surface area (TPSA) is 0 Å². The third-order valence-corrected chi connectivity index (χ3v) is 13.3.